The predicted molar refractivity (Wildman–Crippen MR) is 145 cm³/mol. The van der Waals surface area contributed by atoms with E-state index in [0.717, 1.165) is 34.2 Å². The number of carbonyl (C=O) groups excluding carboxylic acids is 1. The molecule has 0 radical (unpaired) electrons. The van der Waals surface area contributed by atoms with Crippen LogP contribution < -0.4 is 15.1 Å². The van der Waals surface area contributed by atoms with Gasteiger partial charge >= 0.3 is 0 Å². The van der Waals surface area contributed by atoms with E-state index in [4.69, 9.17) is 10.1 Å². The molecule has 0 aliphatic rings. The van der Waals surface area contributed by atoms with Gasteiger partial charge in [0.2, 0.25) is 0 Å². The number of aromatic nitrogens is 2. The summed E-state index contributed by atoms with van der Waals surface area (Å²) >= 11 is 2.27. The fourth-order valence-corrected chi connectivity index (χ4v) is 3.81. The number of hydrogen-bond acceptors (Lipinski definition) is 7. The zero-order chi connectivity index (χ0) is 24.3. The second-order valence-electron chi connectivity index (χ2n) is 7.69. The topological polar surface area (TPSA) is 101 Å². The van der Waals surface area contributed by atoms with Crippen LogP contribution in [0.15, 0.2) is 54.7 Å². The Kier molecular flexibility index (Phi) is 10.6. The second-order valence-corrected chi connectivity index (χ2v) is 9.75. The second kappa shape index (κ2) is 13.2. The van der Waals surface area contributed by atoms with Gasteiger partial charge in [0, 0.05) is 41.8 Å². The molecule has 0 bridgehead atoms. The van der Waals surface area contributed by atoms with Gasteiger partial charge in [0.05, 0.1) is 12.3 Å². The number of halogens is 1. The van der Waals surface area contributed by atoms with Gasteiger partial charge in [-0.05, 0) is 92.2 Å². The molecular weight excluding hydrogens is 552 g/mol. The summed E-state index contributed by atoms with van der Waals surface area (Å²) in [5.41, 5.74) is 3.33. The molecule has 0 aliphatic heterocycles. The lowest BCUT2D eigenvalue weighted by atomic mass is 10.2. The molecule has 0 spiro atoms. The van der Waals surface area contributed by atoms with Crippen LogP contribution in [0.1, 0.15) is 33.3 Å². The Hall–Kier alpha value is -2.65. The van der Waals surface area contributed by atoms with Gasteiger partial charge in [0.25, 0.3) is 6.47 Å². The molecule has 3 aromatic rings. The minimum atomic E-state index is -0.318. The van der Waals surface area contributed by atoms with Crippen molar-refractivity contribution in [3.63, 3.8) is 0 Å². The van der Waals surface area contributed by atoms with E-state index in [9.17, 15) is 4.79 Å². The van der Waals surface area contributed by atoms with Crippen molar-refractivity contribution in [3.8, 4) is 11.4 Å². The standard InChI is InChI=1S/C18H19IN5OP.C5H10O2/c1-2-25-16-6-4-15(5-7-16)24-10-9-18(22-24)21-14-3-8-17(23-26-19)13(11-14)12-20;1-5(2,3)7-4-6/h3-12,20,23,26H,2H2,1H3,(H,21,22);4H,1-3H3. The molecule has 3 N–H and O–H groups in total. The Balaban J connectivity index is 0.000000479. The first-order valence-corrected chi connectivity index (χ1v) is 14.3. The zero-order valence-electron chi connectivity index (χ0n) is 19.1. The van der Waals surface area contributed by atoms with Crippen LogP contribution in [0.2, 0.25) is 0 Å². The molecule has 1 unspecified atom stereocenters. The molecule has 0 saturated carbocycles. The lowest BCUT2D eigenvalue weighted by molar-refractivity contribution is -0.138. The molecule has 2 aromatic carbocycles. The average molecular weight is 581 g/mol. The summed E-state index contributed by atoms with van der Waals surface area (Å²) in [4.78, 5) is 9.60. The van der Waals surface area contributed by atoms with Gasteiger partial charge in [-0.2, -0.15) is 5.10 Å². The lowest BCUT2D eigenvalue weighted by Crippen LogP contribution is -2.17. The van der Waals surface area contributed by atoms with E-state index in [1.165, 1.54) is 6.21 Å². The summed E-state index contributed by atoms with van der Waals surface area (Å²) in [5, 5.41) is 18.7. The van der Waals surface area contributed by atoms with Crippen LogP contribution in [0.3, 0.4) is 0 Å². The fraction of sp³-hybridized carbons (Fsp3) is 0.261. The van der Waals surface area contributed by atoms with Crippen LogP contribution in [0, 0.1) is 5.41 Å². The molecule has 0 amide bonds. The Morgan fingerprint density at radius 2 is 1.91 bits per heavy atom. The first kappa shape index (κ1) is 26.6. The van der Waals surface area contributed by atoms with Crippen LogP contribution in [-0.4, -0.2) is 34.7 Å². The number of hydrogen-bond donors (Lipinski definition) is 3. The van der Waals surface area contributed by atoms with Crippen LogP contribution in [-0.2, 0) is 9.53 Å². The van der Waals surface area contributed by atoms with Gasteiger partial charge in [0.1, 0.15) is 11.4 Å². The predicted octanol–water partition coefficient (Wildman–Crippen LogP) is 6.33. The highest BCUT2D eigenvalue weighted by Gasteiger charge is 2.07. The number of nitrogens with zero attached hydrogens (tertiary/aromatic N) is 2. The minimum Gasteiger partial charge on any atom is -0.494 e. The van der Waals surface area contributed by atoms with Gasteiger partial charge in [-0.25, -0.2) is 4.68 Å². The smallest absolute Gasteiger partial charge is 0.293 e. The summed E-state index contributed by atoms with van der Waals surface area (Å²) in [6, 6.07) is 15.6. The zero-order valence-corrected chi connectivity index (χ0v) is 22.2. The highest BCUT2D eigenvalue weighted by atomic mass is 127. The van der Waals surface area contributed by atoms with E-state index < -0.39 is 0 Å². The quantitative estimate of drug-likeness (QED) is 0.118. The minimum absolute atomic E-state index is 0.318. The van der Waals surface area contributed by atoms with Crippen LogP contribution in [0.5, 0.6) is 5.75 Å². The van der Waals surface area contributed by atoms with Gasteiger partial charge < -0.3 is 25.3 Å². The normalized spacial score (nSPS) is 10.8. The van der Waals surface area contributed by atoms with Crippen molar-refractivity contribution in [3.05, 3.63) is 60.3 Å². The Labute approximate surface area is 209 Å². The van der Waals surface area contributed by atoms with Crippen LogP contribution in [0.4, 0.5) is 17.2 Å². The number of benzene rings is 2. The monoisotopic (exact) mass is 581 g/mol. The van der Waals surface area contributed by atoms with E-state index in [2.05, 4.69) is 42.3 Å². The lowest BCUT2D eigenvalue weighted by Gasteiger charge is -2.14. The largest absolute Gasteiger partial charge is 0.494 e. The fourth-order valence-electron chi connectivity index (χ4n) is 2.61. The summed E-state index contributed by atoms with van der Waals surface area (Å²) < 4.78 is 11.8. The Bertz CT molecular complexity index is 1040. The number of ether oxygens (including phenoxy) is 2. The molecule has 0 saturated heterocycles. The van der Waals surface area contributed by atoms with Gasteiger partial charge in [-0.15, -0.1) is 0 Å². The third-order valence-electron chi connectivity index (χ3n) is 4.06. The van der Waals surface area contributed by atoms with E-state index in [0.29, 0.717) is 19.5 Å². The van der Waals surface area contributed by atoms with E-state index in [1.807, 2.05) is 87.1 Å². The Morgan fingerprint density at radius 1 is 1.18 bits per heavy atom. The highest BCUT2D eigenvalue weighted by Crippen LogP contribution is 2.28. The number of carbonyl (C=O) groups is 1. The van der Waals surface area contributed by atoms with Crippen molar-refractivity contribution in [1.82, 2.24) is 9.78 Å². The van der Waals surface area contributed by atoms with Crippen molar-refractivity contribution in [2.45, 2.75) is 33.3 Å². The first-order chi connectivity index (χ1) is 15.8. The van der Waals surface area contributed by atoms with Crippen molar-refractivity contribution >= 4 is 58.3 Å². The molecule has 1 aromatic heterocycles. The maximum Gasteiger partial charge on any atom is 0.293 e. The number of rotatable bonds is 9. The SMILES string of the molecule is CC(C)(C)OC=O.CCOc1ccc(-n2ccc(Nc3ccc(NPI)c(C=N)c3)n2)cc1. The average Bonchev–Trinajstić information content (AvgIpc) is 3.24. The van der Waals surface area contributed by atoms with Crippen LogP contribution in [0.25, 0.3) is 5.69 Å². The summed E-state index contributed by atoms with van der Waals surface area (Å²) in [7, 11) is 0. The maximum absolute atomic E-state index is 9.60. The van der Waals surface area contributed by atoms with Crippen molar-refractivity contribution in [1.29, 1.82) is 5.41 Å². The first-order valence-electron chi connectivity index (χ1n) is 10.2. The third-order valence-corrected chi connectivity index (χ3v) is 5.24. The van der Waals surface area contributed by atoms with E-state index >= 15 is 0 Å². The summed E-state index contributed by atoms with van der Waals surface area (Å²) in [6.45, 7) is 8.54. The van der Waals surface area contributed by atoms with Crippen molar-refractivity contribution in [2.75, 3.05) is 17.0 Å². The summed E-state index contributed by atoms with van der Waals surface area (Å²) in [6.07, 6.45) is 3.82. The molecule has 8 nitrogen and oxygen atoms in total. The molecule has 0 fully saturated rings. The number of anilines is 3. The van der Waals surface area contributed by atoms with Crippen molar-refractivity contribution < 1.29 is 14.3 Å². The maximum atomic E-state index is 9.60. The van der Waals surface area contributed by atoms with E-state index in [1.54, 1.807) is 0 Å². The molecule has 3 rings (SSSR count). The Morgan fingerprint density at radius 3 is 2.45 bits per heavy atom. The summed E-state index contributed by atoms with van der Waals surface area (Å²) in [5.74, 6) is 1.59. The van der Waals surface area contributed by atoms with Gasteiger partial charge in [0.15, 0.2) is 5.82 Å². The van der Waals surface area contributed by atoms with E-state index in [-0.39, 0.29) is 5.60 Å². The molecule has 33 heavy (non-hydrogen) atoms. The molecule has 0 aliphatic carbocycles. The molecule has 176 valence electrons. The van der Waals surface area contributed by atoms with Crippen molar-refractivity contribution in [2.24, 2.45) is 0 Å². The molecule has 10 heteroatoms. The highest BCUT2D eigenvalue weighted by molar-refractivity contribution is 14.2. The number of nitrogens with one attached hydrogen (secondary N) is 3. The van der Waals surface area contributed by atoms with Gasteiger partial charge in [-0.3, -0.25) is 4.79 Å². The van der Waals surface area contributed by atoms with Crippen LogP contribution >= 0.6 is 28.4 Å². The molecular formula is C23H29IN5O3P. The third kappa shape index (κ3) is 9.01. The molecule has 1 atom stereocenters. The van der Waals surface area contributed by atoms with Gasteiger partial charge in [-0.1, -0.05) is 0 Å². The molecule has 1 heterocycles.